The van der Waals surface area contributed by atoms with E-state index in [-0.39, 0.29) is 29.2 Å². The van der Waals surface area contributed by atoms with Crippen LogP contribution in [0.25, 0.3) is 0 Å². The van der Waals surface area contributed by atoms with E-state index in [0.717, 1.165) is 62.8 Å². The van der Waals surface area contributed by atoms with E-state index in [1.54, 1.807) is 0 Å². The fraction of sp³-hybridized carbons (Fsp3) is 0.870. The molecule has 0 bridgehead atoms. The van der Waals surface area contributed by atoms with Crippen molar-refractivity contribution >= 4 is 29.6 Å². The highest BCUT2D eigenvalue weighted by atomic mass is 35.5. The fourth-order valence-electron chi connectivity index (χ4n) is 7.07. The fourth-order valence-corrected chi connectivity index (χ4v) is 7.07. The molecule has 4 aliphatic carbocycles. The molecule has 1 unspecified atom stereocenters. The monoisotopic (exact) mass is 439 g/mol. The van der Waals surface area contributed by atoms with Crippen molar-refractivity contribution in [2.75, 3.05) is 6.54 Å². The van der Waals surface area contributed by atoms with Gasteiger partial charge in [0, 0.05) is 24.3 Å². The number of hydrogen-bond acceptors (Lipinski definition) is 6. The van der Waals surface area contributed by atoms with Crippen LogP contribution in [0.3, 0.4) is 0 Å². The standard InChI is InChI=1S/C23H37N3O3.ClH/c1-21(2,13-24)29-26-14-7-9-22(3)17-8-10-23(4)16(5-6-20(23)27)15(17)12-19(25-28)18(22)11-14;/h15-18,28H,5-13,24H2,1-4H3;1H/b25-19+,26-14?;/t15-,16-,17-,18?,22+,23-;/m0./s1. The number of oxime groups is 2. The molecule has 6 nitrogen and oxygen atoms in total. The molecule has 4 rings (SSSR count). The van der Waals surface area contributed by atoms with Crippen molar-refractivity contribution in [2.24, 2.45) is 50.5 Å². The van der Waals surface area contributed by atoms with E-state index in [4.69, 9.17) is 10.6 Å². The highest BCUT2D eigenvalue weighted by molar-refractivity contribution is 5.96. The molecule has 0 heterocycles. The first-order chi connectivity index (χ1) is 13.6. The minimum Gasteiger partial charge on any atom is -0.411 e. The Bertz CT molecular complexity index is 752. The molecule has 7 heteroatoms. The number of fused-ring (bicyclic) bond motifs is 5. The summed E-state index contributed by atoms with van der Waals surface area (Å²) in [7, 11) is 0. The maximum absolute atomic E-state index is 12.6. The maximum Gasteiger partial charge on any atom is 0.144 e. The van der Waals surface area contributed by atoms with Gasteiger partial charge in [0.1, 0.15) is 11.4 Å². The molecule has 30 heavy (non-hydrogen) atoms. The largest absolute Gasteiger partial charge is 0.411 e. The van der Waals surface area contributed by atoms with Gasteiger partial charge in [-0.1, -0.05) is 24.2 Å². The van der Waals surface area contributed by atoms with Gasteiger partial charge >= 0.3 is 0 Å². The molecule has 6 atom stereocenters. The summed E-state index contributed by atoms with van der Waals surface area (Å²) in [4.78, 5) is 18.3. The highest BCUT2D eigenvalue weighted by Gasteiger charge is 2.61. The molecule has 0 saturated heterocycles. The van der Waals surface area contributed by atoms with Crippen LogP contribution in [-0.4, -0.2) is 34.6 Å². The normalized spacial score (nSPS) is 43.6. The van der Waals surface area contributed by atoms with Crippen molar-refractivity contribution in [3.05, 3.63) is 0 Å². The Kier molecular flexibility index (Phi) is 6.34. The van der Waals surface area contributed by atoms with E-state index in [2.05, 4.69) is 24.2 Å². The van der Waals surface area contributed by atoms with Gasteiger partial charge in [-0.2, -0.15) is 0 Å². The van der Waals surface area contributed by atoms with Crippen LogP contribution in [0, 0.1) is 34.5 Å². The minimum absolute atomic E-state index is 0. The number of nitrogens with zero attached hydrogens (tertiary/aromatic N) is 2. The van der Waals surface area contributed by atoms with Crippen molar-refractivity contribution in [2.45, 2.75) is 84.7 Å². The number of nitrogens with two attached hydrogens (primary N) is 1. The Labute approximate surface area is 186 Å². The van der Waals surface area contributed by atoms with Crippen molar-refractivity contribution in [1.29, 1.82) is 0 Å². The number of carbonyl (C=O) groups excluding carboxylic acids is 1. The summed E-state index contributed by atoms with van der Waals surface area (Å²) in [6.45, 7) is 8.88. The third kappa shape index (κ3) is 3.58. The molecule has 0 aliphatic heterocycles. The number of carbonyl (C=O) groups is 1. The average Bonchev–Trinajstić information content (AvgIpc) is 3.00. The summed E-state index contributed by atoms with van der Waals surface area (Å²) in [5.74, 6) is 2.14. The van der Waals surface area contributed by atoms with Crippen LogP contribution in [0.4, 0.5) is 0 Å². The van der Waals surface area contributed by atoms with E-state index >= 15 is 0 Å². The summed E-state index contributed by atoms with van der Waals surface area (Å²) in [6.07, 6.45) is 7.40. The molecule has 0 aromatic rings. The zero-order valence-corrected chi connectivity index (χ0v) is 19.6. The van der Waals surface area contributed by atoms with Crippen molar-refractivity contribution in [1.82, 2.24) is 0 Å². The summed E-state index contributed by atoms with van der Waals surface area (Å²) < 4.78 is 0. The smallest absolute Gasteiger partial charge is 0.144 e. The maximum atomic E-state index is 12.6. The van der Waals surface area contributed by atoms with Crippen molar-refractivity contribution < 1.29 is 14.8 Å². The van der Waals surface area contributed by atoms with Gasteiger partial charge in [0.15, 0.2) is 0 Å². The lowest BCUT2D eigenvalue weighted by Gasteiger charge is -2.59. The lowest BCUT2D eigenvalue weighted by atomic mass is 9.45. The van der Waals surface area contributed by atoms with Crippen molar-refractivity contribution in [3.63, 3.8) is 0 Å². The second-order valence-corrected chi connectivity index (χ2v) is 11.1. The van der Waals surface area contributed by atoms with Gasteiger partial charge in [-0.3, -0.25) is 4.79 Å². The minimum atomic E-state index is -0.470. The van der Waals surface area contributed by atoms with Crippen LogP contribution in [0.2, 0.25) is 0 Å². The Hall–Kier alpha value is -1.14. The van der Waals surface area contributed by atoms with Gasteiger partial charge in [0.25, 0.3) is 0 Å². The Balaban J connectivity index is 0.00000256. The molecule has 4 fully saturated rings. The lowest BCUT2D eigenvalue weighted by molar-refractivity contribution is -0.133. The van der Waals surface area contributed by atoms with E-state index in [1.807, 2.05) is 13.8 Å². The molecule has 0 aromatic carbocycles. The first-order valence-electron chi connectivity index (χ1n) is 11.3. The van der Waals surface area contributed by atoms with Crippen LogP contribution in [0.15, 0.2) is 10.3 Å². The Morgan fingerprint density at radius 1 is 1.17 bits per heavy atom. The second-order valence-electron chi connectivity index (χ2n) is 11.1. The van der Waals surface area contributed by atoms with E-state index < -0.39 is 5.60 Å². The molecule has 4 saturated carbocycles. The van der Waals surface area contributed by atoms with Gasteiger partial charge < -0.3 is 15.8 Å². The summed E-state index contributed by atoms with van der Waals surface area (Å²) in [5.41, 5.74) is 7.18. The van der Waals surface area contributed by atoms with Gasteiger partial charge in [0.2, 0.25) is 0 Å². The topological polar surface area (TPSA) is 97.3 Å². The van der Waals surface area contributed by atoms with Crippen LogP contribution in [0.5, 0.6) is 0 Å². The molecule has 0 aromatic heterocycles. The second kappa shape index (κ2) is 8.09. The third-order valence-corrected chi connectivity index (χ3v) is 9.07. The predicted octanol–water partition coefficient (Wildman–Crippen LogP) is 4.57. The number of rotatable bonds is 3. The molecule has 170 valence electrons. The van der Waals surface area contributed by atoms with E-state index in [1.165, 1.54) is 0 Å². The van der Waals surface area contributed by atoms with Gasteiger partial charge in [-0.25, -0.2) is 0 Å². The molecule has 0 radical (unpaired) electrons. The first-order valence-corrected chi connectivity index (χ1v) is 11.3. The van der Waals surface area contributed by atoms with Crippen LogP contribution in [0.1, 0.15) is 79.1 Å². The molecule has 3 N–H and O–H groups in total. The third-order valence-electron chi connectivity index (χ3n) is 9.07. The zero-order valence-electron chi connectivity index (χ0n) is 18.8. The molecule has 0 amide bonds. The predicted molar refractivity (Wildman–Crippen MR) is 120 cm³/mol. The molecular weight excluding hydrogens is 402 g/mol. The highest BCUT2D eigenvalue weighted by Crippen LogP contribution is 2.64. The summed E-state index contributed by atoms with van der Waals surface area (Å²) in [5, 5.41) is 18.2. The number of hydrogen-bond donors (Lipinski definition) is 2. The van der Waals surface area contributed by atoms with Crippen LogP contribution < -0.4 is 5.73 Å². The Morgan fingerprint density at radius 2 is 1.90 bits per heavy atom. The number of ketones is 1. The molecular formula is C23H38ClN3O3. The zero-order chi connectivity index (χ0) is 21.0. The van der Waals surface area contributed by atoms with Gasteiger partial charge in [-0.15, -0.1) is 12.4 Å². The summed E-state index contributed by atoms with van der Waals surface area (Å²) >= 11 is 0. The average molecular weight is 440 g/mol. The molecule has 4 aliphatic rings. The number of Topliss-reactive ketones (excluding diaryl/α,β-unsaturated/α-hetero) is 1. The quantitative estimate of drug-likeness (QED) is 0.497. The van der Waals surface area contributed by atoms with Crippen molar-refractivity contribution in [3.8, 4) is 0 Å². The van der Waals surface area contributed by atoms with E-state index in [9.17, 15) is 10.0 Å². The summed E-state index contributed by atoms with van der Waals surface area (Å²) in [6, 6.07) is 0. The SMILES string of the molecule is CC(C)(CN)ON=C1CC[C@@]2(C)C(C1)/C(=N/O)C[C@@H]1[C@@H]2CC[C@]2(C)C(=O)CC[C@@H]12.Cl. The lowest BCUT2D eigenvalue weighted by Crippen LogP contribution is -2.56. The number of halogens is 1. The van der Waals surface area contributed by atoms with Crippen LogP contribution in [-0.2, 0) is 9.63 Å². The van der Waals surface area contributed by atoms with Crippen LogP contribution >= 0.6 is 12.4 Å². The molecule has 0 spiro atoms. The van der Waals surface area contributed by atoms with Gasteiger partial charge in [-0.05, 0) is 82.0 Å². The van der Waals surface area contributed by atoms with E-state index in [0.29, 0.717) is 30.1 Å². The van der Waals surface area contributed by atoms with Gasteiger partial charge in [0.05, 0.1) is 11.4 Å². The Morgan fingerprint density at radius 3 is 2.57 bits per heavy atom. The first kappa shape index (κ1) is 23.5.